The fraction of sp³-hybridized carbons (Fsp3) is 0.769. The molecule has 1 atom stereocenters. The van der Waals surface area contributed by atoms with Gasteiger partial charge in [0.15, 0.2) is 0 Å². The van der Waals surface area contributed by atoms with Crippen LogP contribution in [-0.2, 0) is 4.79 Å². The van der Waals surface area contributed by atoms with E-state index in [2.05, 4.69) is 6.58 Å². The van der Waals surface area contributed by atoms with Gasteiger partial charge in [0.05, 0.1) is 6.04 Å². The summed E-state index contributed by atoms with van der Waals surface area (Å²) in [5, 5.41) is 0. The van der Waals surface area contributed by atoms with Gasteiger partial charge in [0.25, 0.3) is 0 Å². The summed E-state index contributed by atoms with van der Waals surface area (Å²) in [6.45, 7) is 8.33. The lowest BCUT2D eigenvalue weighted by molar-refractivity contribution is -0.135. The lowest BCUT2D eigenvalue weighted by Crippen LogP contribution is -2.50. The lowest BCUT2D eigenvalue weighted by atomic mass is 10.0. The maximum atomic E-state index is 12.2. The van der Waals surface area contributed by atoms with Crippen LogP contribution in [0.4, 0.5) is 0 Å². The van der Waals surface area contributed by atoms with Crippen molar-refractivity contribution in [1.82, 2.24) is 4.90 Å². The number of nitrogens with two attached hydrogens (primary N) is 1. The van der Waals surface area contributed by atoms with E-state index in [4.69, 9.17) is 5.73 Å². The van der Waals surface area contributed by atoms with Crippen LogP contribution in [-0.4, -0.2) is 29.4 Å². The monoisotopic (exact) mass is 224 g/mol. The lowest BCUT2D eigenvalue weighted by Gasteiger charge is -2.31. The summed E-state index contributed by atoms with van der Waals surface area (Å²) in [7, 11) is 0. The van der Waals surface area contributed by atoms with Crippen molar-refractivity contribution in [2.24, 2.45) is 11.7 Å². The van der Waals surface area contributed by atoms with Crippen molar-refractivity contribution in [3.8, 4) is 0 Å². The molecule has 0 aromatic heterocycles. The summed E-state index contributed by atoms with van der Waals surface area (Å²) < 4.78 is 0. The number of carbonyl (C=O) groups is 1. The minimum atomic E-state index is -0.374. The summed E-state index contributed by atoms with van der Waals surface area (Å²) in [6, 6.07) is 0.0100. The second-order valence-electron chi connectivity index (χ2n) is 4.99. The highest BCUT2D eigenvalue weighted by Gasteiger charge is 2.29. The molecule has 0 bridgehead atoms. The molecule has 1 saturated carbocycles. The predicted molar refractivity (Wildman–Crippen MR) is 67.0 cm³/mol. The third kappa shape index (κ3) is 3.08. The summed E-state index contributed by atoms with van der Waals surface area (Å²) in [5.41, 5.74) is 5.93. The van der Waals surface area contributed by atoms with Crippen LogP contribution in [0.3, 0.4) is 0 Å². The molecule has 0 heterocycles. The van der Waals surface area contributed by atoms with E-state index < -0.39 is 0 Å². The summed E-state index contributed by atoms with van der Waals surface area (Å²) in [4.78, 5) is 14.1. The first-order valence-corrected chi connectivity index (χ1v) is 6.25. The van der Waals surface area contributed by atoms with Crippen LogP contribution in [0.2, 0.25) is 0 Å². The minimum Gasteiger partial charge on any atom is -0.335 e. The van der Waals surface area contributed by atoms with Gasteiger partial charge in [-0.2, -0.15) is 0 Å². The van der Waals surface area contributed by atoms with E-state index in [-0.39, 0.29) is 17.9 Å². The van der Waals surface area contributed by atoms with Crippen LogP contribution < -0.4 is 5.73 Å². The van der Waals surface area contributed by atoms with Crippen LogP contribution in [0.15, 0.2) is 12.7 Å². The summed E-state index contributed by atoms with van der Waals surface area (Å²) in [6.07, 6.45) is 6.48. The standard InChI is InChI=1S/C13H24N2O/c1-4-9-15(11-7-5-6-8-11)13(16)12(14)10(2)3/h4,10-12H,1,5-9,14H2,2-3H3/t12-/m0/s1. The maximum absolute atomic E-state index is 12.2. The zero-order valence-corrected chi connectivity index (χ0v) is 10.5. The van der Waals surface area contributed by atoms with Crippen molar-refractivity contribution in [1.29, 1.82) is 0 Å². The van der Waals surface area contributed by atoms with Gasteiger partial charge >= 0.3 is 0 Å². The summed E-state index contributed by atoms with van der Waals surface area (Å²) >= 11 is 0. The number of carbonyl (C=O) groups excluding carboxylic acids is 1. The van der Waals surface area contributed by atoms with Crippen molar-refractivity contribution in [2.45, 2.75) is 51.6 Å². The third-order valence-corrected chi connectivity index (χ3v) is 3.38. The van der Waals surface area contributed by atoms with Crippen LogP contribution >= 0.6 is 0 Å². The van der Waals surface area contributed by atoms with E-state index in [1.807, 2.05) is 18.7 Å². The third-order valence-electron chi connectivity index (χ3n) is 3.38. The second kappa shape index (κ2) is 6.04. The molecule has 0 aromatic carbocycles. The van der Waals surface area contributed by atoms with Gasteiger partial charge in [0.2, 0.25) is 5.91 Å². The molecule has 1 fully saturated rings. The number of hydrogen-bond donors (Lipinski definition) is 1. The first-order valence-electron chi connectivity index (χ1n) is 6.25. The highest BCUT2D eigenvalue weighted by Crippen LogP contribution is 2.24. The highest BCUT2D eigenvalue weighted by molar-refractivity contribution is 5.82. The molecular formula is C13H24N2O. The van der Waals surface area contributed by atoms with Crippen molar-refractivity contribution in [3.63, 3.8) is 0 Å². The fourth-order valence-corrected chi connectivity index (χ4v) is 2.25. The zero-order chi connectivity index (χ0) is 12.1. The molecule has 0 aromatic rings. The van der Waals surface area contributed by atoms with Gasteiger partial charge in [-0.15, -0.1) is 6.58 Å². The Bertz CT molecular complexity index is 244. The Hall–Kier alpha value is -0.830. The van der Waals surface area contributed by atoms with Gasteiger partial charge in [-0.25, -0.2) is 0 Å². The molecule has 3 nitrogen and oxygen atoms in total. The predicted octanol–water partition coefficient (Wildman–Crippen LogP) is 1.93. The Morgan fingerprint density at radius 1 is 1.50 bits per heavy atom. The molecule has 1 aliphatic carbocycles. The molecule has 1 aliphatic rings. The first kappa shape index (κ1) is 13.2. The maximum Gasteiger partial charge on any atom is 0.240 e. The number of nitrogens with zero attached hydrogens (tertiary/aromatic N) is 1. The quantitative estimate of drug-likeness (QED) is 0.725. The average Bonchev–Trinajstić information content (AvgIpc) is 2.76. The van der Waals surface area contributed by atoms with Crippen LogP contribution in [0.25, 0.3) is 0 Å². The molecular weight excluding hydrogens is 200 g/mol. The topological polar surface area (TPSA) is 46.3 Å². The molecule has 2 N–H and O–H groups in total. The van der Waals surface area contributed by atoms with E-state index in [1.165, 1.54) is 12.8 Å². The van der Waals surface area contributed by atoms with Crippen LogP contribution in [0, 0.1) is 5.92 Å². The minimum absolute atomic E-state index is 0.0850. The van der Waals surface area contributed by atoms with Crippen molar-refractivity contribution in [2.75, 3.05) is 6.54 Å². The Kier molecular flexibility index (Phi) is 5.00. The molecule has 0 unspecified atom stereocenters. The Morgan fingerprint density at radius 2 is 2.06 bits per heavy atom. The van der Waals surface area contributed by atoms with E-state index >= 15 is 0 Å². The van der Waals surface area contributed by atoms with Gasteiger partial charge in [-0.05, 0) is 18.8 Å². The number of hydrogen-bond acceptors (Lipinski definition) is 2. The Morgan fingerprint density at radius 3 is 2.50 bits per heavy atom. The molecule has 0 saturated heterocycles. The average molecular weight is 224 g/mol. The van der Waals surface area contributed by atoms with E-state index in [0.29, 0.717) is 12.6 Å². The van der Waals surface area contributed by atoms with Crippen LogP contribution in [0.5, 0.6) is 0 Å². The van der Waals surface area contributed by atoms with Crippen molar-refractivity contribution >= 4 is 5.91 Å². The van der Waals surface area contributed by atoms with Gasteiger partial charge in [0, 0.05) is 12.6 Å². The zero-order valence-electron chi connectivity index (χ0n) is 10.5. The van der Waals surface area contributed by atoms with E-state index in [0.717, 1.165) is 12.8 Å². The Balaban J connectivity index is 2.68. The smallest absolute Gasteiger partial charge is 0.240 e. The van der Waals surface area contributed by atoms with Gasteiger partial charge in [-0.1, -0.05) is 32.8 Å². The highest BCUT2D eigenvalue weighted by atomic mass is 16.2. The molecule has 16 heavy (non-hydrogen) atoms. The number of rotatable bonds is 5. The molecule has 0 spiro atoms. The molecule has 3 heteroatoms. The fourth-order valence-electron chi connectivity index (χ4n) is 2.25. The number of amides is 1. The molecule has 1 amide bonds. The molecule has 1 rings (SSSR count). The van der Waals surface area contributed by atoms with E-state index in [9.17, 15) is 4.79 Å². The second-order valence-corrected chi connectivity index (χ2v) is 4.99. The van der Waals surface area contributed by atoms with Gasteiger partial charge < -0.3 is 10.6 Å². The SMILES string of the molecule is C=CCN(C(=O)[C@@H](N)C(C)C)C1CCCC1. The van der Waals surface area contributed by atoms with Crippen LogP contribution in [0.1, 0.15) is 39.5 Å². The first-order chi connectivity index (χ1) is 7.57. The van der Waals surface area contributed by atoms with Gasteiger partial charge in [0.1, 0.15) is 0 Å². The van der Waals surface area contributed by atoms with Gasteiger partial charge in [-0.3, -0.25) is 4.79 Å². The van der Waals surface area contributed by atoms with E-state index in [1.54, 1.807) is 6.08 Å². The largest absolute Gasteiger partial charge is 0.335 e. The van der Waals surface area contributed by atoms with Crippen molar-refractivity contribution in [3.05, 3.63) is 12.7 Å². The van der Waals surface area contributed by atoms with Crippen molar-refractivity contribution < 1.29 is 4.79 Å². The molecule has 0 radical (unpaired) electrons. The molecule has 92 valence electrons. The Labute approximate surface area is 98.7 Å². The molecule has 0 aliphatic heterocycles. The normalized spacial score (nSPS) is 18.8. The summed E-state index contributed by atoms with van der Waals surface area (Å²) in [5.74, 6) is 0.281.